The van der Waals surface area contributed by atoms with Crippen molar-refractivity contribution in [3.63, 3.8) is 0 Å². The molecule has 2 N–H and O–H groups in total. The van der Waals surface area contributed by atoms with E-state index in [2.05, 4.69) is 22.5 Å². The first-order valence-corrected chi connectivity index (χ1v) is 9.49. The fraction of sp³-hybridized carbons (Fsp3) is 0.600. The Kier molecular flexibility index (Phi) is 11.7. The molecule has 1 aromatic rings. The number of unbranched alkanes of at least 4 members (excludes halogenated alkanes) is 1. The van der Waals surface area contributed by atoms with Crippen LogP contribution in [0, 0.1) is 0 Å². The van der Waals surface area contributed by atoms with Crippen molar-refractivity contribution in [2.45, 2.75) is 32.7 Å². The molecule has 7 nitrogen and oxygen atoms in total. The lowest BCUT2D eigenvalue weighted by Crippen LogP contribution is -2.43. The van der Waals surface area contributed by atoms with Crippen molar-refractivity contribution in [3.05, 3.63) is 29.8 Å². The van der Waals surface area contributed by atoms with Crippen molar-refractivity contribution in [3.8, 4) is 5.75 Å². The van der Waals surface area contributed by atoms with Crippen molar-refractivity contribution >= 4 is 11.9 Å². The van der Waals surface area contributed by atoms with E-state index in [4.69, 9.17) is 9.47 Å². The van der Waals surface area contributed by atoms with Gasteiger partial charge in [-0.2, -0.15) is 0 Å². The molecule has 1 amide bonds. The lowest BCUT2D eigenvalue weighted by molar-refractivity contribution is -0.127. The number of carbonyl (C=O) groups excluding carboxylic acids is 1. The maximum Gasteiger partial charge on any atom is 0.241 e. The zero-order chi connectivity index (χ0) is 19.9. The number of hydrogen-bond acceptors (Lipinski definition) is 4. The second-order valence-electron chi connectivity index (χ2n) is 6.40. The van der Waals surface area contributed by atoms with Crippen LogP contribution in [0.1, 0.15) is 31.7 Å². The molecule has 0 atom stereocenters. The number of nitrogens with one attached hydrogen (secondary N) is 2. The van der Waals surface area contributed by atoms with Crippen LogP contribution in [-0.4, -0.2) is 64.3 Å². The molecule has 27 heavy (non-hydrogen) atoms. The number of aliphatic imine (C=N–C) groups is 1. The molecule has 0 aliphatic heterocycles. The normalized spacial score (nSPS) is 11.2. The summed E-state index contributed by atoms with van der Waals surface area (Å²) in [6.45, 7) is 5.13. The fourth-order valence-electron chi connectivity index (χ4n) is 2.12. The summed E-state index contributed by atoms with van der Waals surface area (Å²) in [6.07, 6.45) is 3.12. The number of methoxy groups -OCH3 is 1. The summed E-state index contributed by atoms with van der Waals surface area (Å²) in [5.74, 6) is 1.44. The molecule has 1 rings (SSSR count). The van der Waals surface area contributed by atoms with Crippen molar-refractivity contribution in [2.24, 2.45) is 4.99 Å². The first-order chi connectivity index (χ1) is 13.1. The second kappa shape index (κ2) is 13.9. The summed E-state index contributed by atoms with van der Waals surface area (Å²) in [7, 11) is 5.12. The van der Waals surface area contributed by atoms with Crippen LogP contribution in [-0.2, 0) is 16.1 Å². The Morgan fingerprint density at radius 3 is 2.44 bits per heavy atom. The lowest BCUT2D eigenvalue weighted by atomic mass is 10.2. The van der Waals surface area contributed by atoms with Gasteiger partial charge in [-0.25, -0.2) is 4.99 Å². The Bertz CT molecular complexity index is 559. The molecule has 0 spiro atoms. The predicted molar refractivity (Wildman–Crippen MR) is 109 cm³/mol. The Morgan fingerprint density at radius 1 is 1.11 bits per heavy atom. The van der Waals surface area contributed by atoms with E-state index in [1.165, 1.54) is 0 Å². The summed E-state index contributed by atoms with van der Waals surface area (Å²) in [6, 6.07) is 7.78. The number of hydrogen-bond donors (Lipinski definition) is 2. The van der Waals surface area contributed by atoms with E-state index in [1.54, 1.807) is 26.1 Å². The van der Waals surface area contributed by atoms with Gasteiger partial charge in [-0.1, -0.05) is 25.5 Å². The molecule has 0 fully saturated rings. The first-order valence-electron chi connectivity index (χ1n) is 9.49. The average Bonchev–Trinajstić information content (AvgIpc) is 2.68. The molecule has 1 aromatic carbocycles. The van der Waals surface area contributed by atoms with Crippen LogP contribution in [0.3, 0.4) is 0 Å². The minimum absolute atomic E-state index is 0.00292. The summed E-state index contributed by atoms with van der Waals surface area (Å²) in [5.41, 5.74) is 1.07. The molecule has 0 aromatic heterocycles. The van der Waals surface area contributed by atoms with E-state index in [0.717, 1.165) is 50.3 Å². The quantitative estimate of drug-likeness (QED) is 0.331. The van der Waals surface area contributed by atoms with E-state index in [-0.39, 0.29) is 12.5 Å². The molecule has 0 aliphatic rings. The van der Waals surface area contributed by atoms with Crippen LogP contribution in [0.2, 0.25) is 0 Å². The molecular weight excluding hydrogens is 344 g/mol. The molecule has 0 aliphatic carbocycles. The third-order valence-corrected chi connectivity index (χ3v) is 3.88. The molecule has 7 heteroatoms. The Morgan fingerprint density at radius 2 is 1.81 bits per heavy atom. The molecule has 0 radical (unpaired) electrons. The standard InChI is InChI=1S/C20H34N4O3/c1-5-6-13-27-14-7-12-21-20(23-16-19(25)24(2)3)22-15-17-8-10-18(26-4)11-9-17/h8-11H,5-7,12-16H2,1-4H3,(H2,21,22,23). The van der Waals surface area contributed by atoms with Gasteiger partial charge in [0.1, 0.15) is 5.75 Å². The third-order valence-electron chi connectivity index (χ3n) is 3.88. The highest BCUT2D eigenvalue weighted by atomic mass is 16.5. The number of rotatable bonds is 12. The average molecular weight is 379 g/mol. The largest absolute Gasteiger partial charge is 0.497 e. The van der Waals surface area contributed by atoms with Crippen molar-refractivity contribution in [1.29, 1.82) is 0 Å². The van der Waals surface area contributed by atoms with Gasteiger partial charge >= 0.3 is 0 Å². The van der Waals surface area contributed by atoms with Crippen LogP contribution >= 0.6 is 0 Å². The minimum Gasteiger partial charge on any atom is -0.497 e. The van der Waals surface area contributed by atoms with Gasteiger partial charge in [-0.3, -0.25) is 4.79 Å². The fourth-order valence-corrected chi connectivity index (χ4v) is 2.12. The van der Waals surface area contributed by atoms with E-state index < -0.39 is 0 Å². The van der Waals surface area contributed by atoms with Crippen LogP contribution < -0.4 is 15.4 Å². The van der Waals surface area contributed by atoms with Gasteiger partial charge in [-0.05, 0) is 30.5 Å². The second-order valence-corrected chi connectivity index (χ2v) is 6.40. The molecular formula is C20H34N4O3. The van der Waals surface area contributed by atoms with E-state index >= 15 is 0 Å². The van der Waals surface area contributed by atoms with Gasteiger partial charge in [-0.15, -0.1) is 0 Å². The van der Waals surface area contributed by atoms with Gasteiger partial charge in [0, 0.05) is 33.9 Å². The first kappa shape index (κ1) is 22.8. The number of amides is 1. The van der Waals surface area contributed by atoms with Gasteiger partial charge in [0.2, 0.25) is 5.91 Å². The summed E-state index contributed by atoms with van der Waals surface area (Å²) < 4.78 is 10.7. The van der Waals surface area contributed by atoms with Crippen molar-refractivity contribution < 1.29 is 14.3 Å². The number of benzene rings is 1. The molecule has 0 heterocycles. The van der Waals surface area contributed by atoms with Gasteiger partial charge in [0.05, 0.1) is 20.2 Å². The highest BCUT2D eigenvalue weighted by Crippen LogP contribution is 2.11. The summed E-state index contributed by atoms with van der Waals surface area (Å²) in [4.78, 5) is 17.9. The monoisotopic (exact) mass is 378 g/mol. The topological polar surface area (TPSA) is 75.2 Å². The number of guanidine groups is 1. The zero-order valence-electron chi connectivity index (χ0n) is 17.1. The smallest absolute Gasteiger partial charge is 0.241 e. The molecule has 0 saturated heterocycles. The van der Waals surface area contributed by atoms with Crippen LogP contribution in [0.15, 0.2) is 29.3 Å². The highest BCUT2D eigenvalue weighted by molar-refractivity contribution is 5.86. The van der Waals surface area contributed by atoms with Crippen LogP contribution in [0.25, 0.3) is 0 Å². The lowest BCUT2D eigenvalue weighted by Gasteiger charge is -2.15. The van der Waals surface area contributed by atoms with E-state index in [9.17, 15) is 4.79 Å². The zero-order valence-corrected chi connectivity index (χ0v) is 17.1. The number of ether oxygens (including phenoxy) is 2. The maximum absolute atomic E-state index is 11.8. The number of likely N-dealkylation sites (N-methyl/N-ethyl adjacent to an activating group) is 1. The van der Waals surface area contributed by atoms with Gasteiger partial charge in [0.25, 0.3) is 0 Å². The Labute approximate surface area is 163 Å². The van der Waals surface area contributed by atoms with Crippen molar-refractivity contribution in [1.82, 2.24) is 15.5 Å². The van der Waals surface area contributed by atoms with Crippen molar-refractivity contribution in [2.75, 3.05) is 47.5 Å². The molecule has 0 bridgehead atoms. The summed E-state index contributed by atoms with van der Waals surface area (Å²) in [5, 5.41) is 6.35. The Balaban J connectivity index is 2.51. The SMILES string of the molecule is CCCCOCCCNC(=NCc1ccc(OC)cc1)NCC(=O)N(C)C. The van der Waals surface area contributed by atoms with Gasteiger partial charge < -0.3 is 25.0 Å². The van der Waals surface area contributed by atoms with Crippen LogP contribution in [0.4, 0.5) is 0 Å². The summed E-state index contributed by atoms with van der Waals surface area (Å²) >= 11 is 0. The molecule has 152 valence electrons. The van der Waals surface area contributed by atoms with E-state index in [0.29, 0.717) is 12.5 Å². The Hall–Kier alpha value is -2.28. The maximum atomic E-state index is 11.8. The van der Waals surface area contributed by atoms with Gasteiger partial charge in [0.15, 0.2) is 5.96 Å². The van der Waals surface area contributed by atoms with Crippen LogP contribution in [0.5, 0.6) is 5.75 Å². The third kappa shape index (κ3) is 10.5. The number of carbonyl (C=O) groups is 1. The minimum atomic E-state index is -0.00292. The molecule has 0 unspecified atom stereocenters. The predicted octanol–water partition coefficient (Wildman–Crippen LogP) is 2.03. The van der Waals surface area contributed by atoms with E-state index in [1.807, 2.05) is 24.3 Å². The molecule has 0 saturated carbocycles. The highest BCUT2D eigenvalue weighted by Gasteiger charge is 2.06. The number of nitrogens with zero attached hydrogens (tertiary/aromatic N) is 2.